The van der Waals surface area contributed by atoms with Gasteiger partial charge in [-0.3, -0.25) is 0 Å². The highest BCUT2D eigenvalue weighted by molar-refractivity contribution is 5.96. The minimum absolute atomic E-state index is 0.631. The van der Waals surface area contributed by atoms with Crippen LogP contribution in [0.5, 0.6) is 0 Å². The molecule has 0 aliphatic rings. The number of nitrogens with zero attached hydrogens (tertiary/aromatic N) is 4. The van der Waals surface area contributed by atoms with E-state index >= 15 is 0 Å². The third kappa shape index (κ3) is 6.26. The highest BCUT2D eigenvalue weighted by Crippen LogP contribution is 2.37. The van der Waals surface area contributed by atoms with Crippen molar-refractivity contribution in [3.05, 3.63) is 194 Å². The maximum absolute atomic E-state index is 5.11. The molecule has 0 fully saturated rings. The second-order valence-corrected chi connectivity index (χ2v) is 12.7. The fourth-order valence-corrected chi connectivity index (χ4v) is 6.65. The number of rotatable bonds is 7. The standard InChI is InChI=1S/C48H32N4/c1-5-15-35(16-6-1)44-31-41(32-45(49-44)36-17-7-2-8-18-36)33-25-27-34(28-26-33)42-29-39-23-13-14-24-40(39)30-43(42)48-51-46(37-19-9-3-10-20-37)50-47(52-48)38-21-11-4-12-22-38/h1-32H. The number of aromatic nitrogens is 4. The molecular formula is C48H32N4. The third-order valence-corrected chi connectivity index (χ3v) is 9.32. The Morgan fingerprint density at radius 1 is 0.231 bits per heavy atom. The molecule has 0 radical (unpaired) electrons. The van der Waals surface area contributed by atoms with Crippen LogP contribution in [0.15, 0.2) is 194 Å². The van der Waals surface area contributed by atoms with E-state index in [4.69, 9.17) is 19.9 Å². The Bertz CT molecular complexity index is 2530. The molecule has 0 saturated heterocycles. The molecule has 0 bridgehead atoms. The number of pyridine rings is 1. The van der Waals surface area contributed by atoms with Crippen LogP contribution in [0.2, 0.25) is 0 Å². The first kappa shape index (κ1) is 31.0. The largest absolute Gasteiger partial charge is 0.248 e. The molecule has 0 unspecified atom stereocenters. The summed E-state index contributed by atoms with van der Waals surface area (Å²) >= 11 is 0. The summed E-state index contributed by atoms with van der Waals surface area (Å²) in [7, 11) is 0. The molecule has 2 heterocycles. The molecule has 7 aromatic carbocycles. The van der Waals surface area contributed by atoms with Crippen molar-refractivity contribution in [2.75, 3.05) is 0 Å². The van der Waals surface area contributed by atoms with E-state index in [2.05, 4.69) is 121 Å². The lowest BCUT2D eigenvalue weighted by Crippen LogP contribution is -2.01. The van der Waals surface area contributed by atoms with Crippen LogP contribution in [-0.4, -0.2) is 19.9 Å². The van der Waals surface area contributed by atoms with Gasteiger partial charge in [-0.15, -0.1) is 0 Å². The first-order valence-electron chi connectivity index (χ1n) is 17.4. The van der Waals surface area contributed by atoms with E-state index < -0.39 is 0 Å². The average molecular weight is 665 g/mol. The maximum atomic E-state index is 5.11. The zero-order valence-electron chi connectivity index (χ0n) is 28.3. The van der Waals surface area contributed by atoms with Crippen molar-refractivity contribution in [3.63, 3.8) is 0 Å². The predicted octanol–water partition coefficient (Wildman–Crippen LogP) is 12.1. The van der Waals surface area contributed by atoms with E-state index in [0.29, 0.717) is 17.5 Å². The first-order valence-corrected chi connectivity index (χ1v) is 17.4. The van der Waals surface area contributed by atoms with Crippen LogP contribution in [0.3, 0.4) is 0 Å². The van der Waals surface area contributed by atoms with Gasteiger partial charge in [0.2, 0.25) is 0 Å². The van der Waals surface area contributed by atoms with Crippen molar-refractivity contribution in [1.29, 1.82) is 0 Å². The molecule has 2 aromatic heterocycles. The molecule has 52 heavy (non-hydrogen) atoms. The van der Waals surface area contributed by atoms with Crippen LogP contribution in [0, 0.1) is 0 Å². The molecule has 9 rings (SSSR count). The number of fused-ring (bicyclic) bond motifs is 1. The number of benzene rings is 7. The zero-order valence-corrected chi connectivity index (χ0v) is 28.3. The van der Waals surface area contributed by atoms with E-state index in [1.807, 2.05) is 72.8 Å². The van der Waals surface area contributed by atoms with Gasteiger partial charge in [0, 0.05) is 27.8 Å². The van der Waals surface area contributed by atoms with Crippen LogP contribution in [-0.2, 0) is 0 Å². The minimum atomic E-state index is 0.631. The topological polar surface area (TPSA) is 51.6 Å². The Kier molecular flexibility index (Phi) is 8.16. The van der Waals surface area contributed by atoms with Crippen LogP contribution in [0.25, 0.3) is 89.7 Å². The molecule has 0 saturated carbocycles. The Hall–Kier alpha value is -7.04. The van der Waals surface area contributed by atoms with E-state index in [9.17, 15) is 0 Å². The Labute approximate surface area is 302 Å². The third-order valence-electron chi connectivity index (χ3n) is 9.32. The van der Waals surface area contributed by atoms with E-state index in [1.54, 1.807) is 0 Å². The molecule has 0 aliphatic carbocycles. The summed E-state index contributed by atoms with van der Waals surface area (Å²) in [6.45, 7) is 0. The monoisotopic (exact) mass is 664 g/mol. The Morgan fingerprint density at radius 2 is 0.615 bits per heavy atom. The number of hydrogen-bond acceptors (Lipinski definition) is 4. The number of hydrogen-bond donors (Lipinski definition) is 0. The molecular weight excluding hydrogens is 633 g/mol. The quantitative estimate of drug-likeness (QED) is 0.170. The molecule has 0 spiro atoms. The van der Waals surface area contributed by atoms with Crippen molar-refractivity contribution < 1.29 is 0 Å². The molecule has 0 amide bonds. The normalized spacial score (nSPS) is 11.1. The second-order valence-electron chi connectivity index (χ2n) is 12.7. The fourth-order valence-electron chi connectivity index (χ4n) is 6.65. The summed E-state index contributed by atoms with van der Waals surface area (Å²) in [5.41, 5.74) is 11.2. The lowest BCUT2D eigenvalue weighted by Gasteiger charge is -2.14. The van der Waals surface area contributed by atoms with Crippen LogP contribution >= 0.6 is 0 Å². The van der Waals surface area contributed by atoms with Crippen LogP contribution in [0.1, 0.15) is 0 Å². The smallest absolute Gasteiger partial charge is 0.164 e. The van der Waals surface area contributed by atoms with Gasteiger partial charge in [-0.2, -0.15) is 0 Å². The van der Waals surface area contributed by atoms with Crippen LogP contribution in [0.4, 0.5) is 0 Å². The van der Waals surface area contributed by atoms with Gasteiger partial charge in [0.15, 0.2) is 17.5 Å². The molecule has 0 aliphatic heterocycles. The van der Waals surface area contributed by atoms with Crippen molar-refractivity contribution in [3.8, 4) is 78.9 Å². The maximum Gasteiger partial charge on any atom is 0.164 e. The summed E-state index contributed by atoms with van der Waals surface area (Å²) in [4.78, 5) is 20.2. The van der Waals surface area contributed by atoms with Gasteiger partial charge in [-0.25, -0.2) is 19.9 Å². The zero-order chi connectivity index (χ0) is 34.7. The van der Waals surface area contributed by atoms with Crippen molar-refractivity contribution in [2.24, 2.45) is 0 Å². The van der Waals surface area contributed by atoms with E-state index in [0.717, 1.165) is 72.2 Å². The Morgan fingerprint density at radius 3 is 1.10 bits per heavy atom. The highest BCUT2D eigenvalue weighted by atomic mass is 15.0. The molecule has 0 atom stereocenters. The first-order chi connectivity index (χ1) is 25.7. The van der Waals surface area contributed by atoms with Gasteiger partial charge in [0.25, 0.3) is 0 Å². The molecule has 4 heteroatoms. The molecule has 9 aromatic rings. The van der Waals surface area contributed by atoms with Crippen molar-refractivity contribution in [1.82, 2.24) is 19.9 Å². The molecule has 4 nitrogen and oxygen atoms in total. The van der Waals surface area contributed by atoms with Gasteiger partial charge in [0.05, 0.1) is 11.4 Å². The lowest BCUT2D eigenvalue weighted by molar-refractivity contribution is 1.07. The predicted molar refractivity (Wildman–Crippen MR) is 213 cm³/mol. The summed E-state index contributed by atoms with van der Waals surface area (Å²) in [6, 6.07) is 67.0. The van der Waals surface area contributed by atoms with Crippen molar-refractivity contribution in [2.45, 2.75) is 0 Å². The fraction of sp³-hybridized carbons (Fsp3) is 0. The second kappa shape index (κ2) is 13.7. The van der Waals surface area contributed by atoms with Gasteiger partial charge in [-0.1, -0.05) is 170 Å². The molecule has 0 N–H and O–H groups in total. The van der Waals surface area contributed by atoms with E-state index in [1.165, 1.54) is 0 Å². The lowest BCUT2D eigenvalue weighted by atomic mass is 9.93. The summed E-state index contributed by atoms with van der Waals surface area (Å²) in [5.74, 6) is 1.91. The highest BCUT2D eigenvalue weighted by Gasteiger charge is 2.17. The van der Waals surface area contributed by atoms with Gasteiger partial charge in [0.1, 0.15) is 0 Å². The van der Waals surface area contributed by atoms with Crippen LogP contribution < -0.4 is 0 Å². The van der Waals surface area contributed by atoms with E-state index in [-0.39, 0.29) is 0 Å². The van der Waals surface area contributed by atoms with Crippen molar-refractivity contribution >= 4 is 10.8 Å². The van der Waals surface area contributed by atoms with Gasteiger partial charge >= 0.3 is 0 Å². The Balaban J connectivity index is 1.19. The minimum Gasteiger partial charge on any atom is -0.248 e. The summed E-state index contributed by atoms with van der Waals surface area (Å²) < 4.78 is 0. The molecule has 244 valence electrons. The summed E-state index contributed by atoms with van der Waals surface area (Å²) in [6.07, 6.45) is 0. The van der Waals surface area contributed by atoms with Gasteiger partial charge in [-0.05, 0) is 57.3 Å². The summed E-state index contributed by atoms with van der Waals surface area (Å²) in [5, 5.41) is 2.28. The SMILES string of the molecule is c1ccc(-c2cc(-c3ccc(-c4cc5ccccc5cc4-c4nc(-c5ccccc5)nc(-c5ccccc5)n4)cc3)cc(-c3ccccc3)n2)cc1. The van der Waals surface area contributed by atoms with Gasteiger partial charge < -0.3 is 0 Å². The average Bonchev–Trinajstić information content (AvgIpc) is 3.24.